The number of allylic oxidation sites excluding steroid dienone is 5. The van der Waals surface area contributed by atoms with Gasteiger partial charge in [-0.25, -0.2) is 9.98 Å². The molecule has 0 bridgehead atoms. The lowest BCUT2D eigenvalue weighted by molar-refractivity contribution is 0.758. The highest BCUT2D eigenvalue weighted by molar-refractivity contribution is 6.20. The molecular weight excluding hydrogens is 751 g/mol. The zero-order valence-electron chi connectivity index (χ0n) is 34.3. The van der Waals surface area contributed by atoms with E-state index in [1.807, 2.05) is 12.1 Å². The average Bonchev–Trinajstić information content (AvgIpc) is 3.80. The summed E-state index contributed by atoms with van der Waals surface area (Å²) in [7, 11) is 0. The first-order valence-electron chi connectivity index (χ1n) is 21.4. The van der Waals surface area contributed by atoms with Crippen molar-refractivity contribution in [2.24, 2.45) is 9.98 Å². The summed E-state index contributed by atoms with van der Waals surface area (Å²) in [6.07, 6.45) is 6.07. The Morgan fingerprint density at radius 1 is 0.516 bits per heavy atom. The zero-order chi connectivity index (χ0) is 41.4. The maximum Gasteiger partial charge on any atom is 0.170 e. The second-order valence-corrected chi connectivity index (χ2v) is 16.4. The van der Waals surface area contributed by atoms with Gasteiger partial charge in [0.25, 0.3) is 0 Å². The number of hydrogen-bond acceptors (Lipinski definition) is 3. The van der Waals surface area contributed by atoms with Gasteiger partial charge in [-0.2, -0.15) is 0 Å². The fourth-order valence-electron chi connectivity index (χ4n) is 10.7. The van der Waals surface area contributed by atoms with Gasteiger partial charge in [-0.3, -0.25) is 0 Å². The smallest absolute Gasteiger partial charge is 0.170 e. The van der Waals surface area contributed by atoms with Crippen molar-refractivity contribution in [3.05, 3.63) is 257 Å². The molecule has 9 aromatic carbocycles. The number of aliphatic imine (C=N–C) groups is 2. The van der Waals surface area contributed by atoms with Gasteiger partial charge >= 0.3 is 0 Å². The van der Waals surface area contributed by atoms with Gasteiger partial charge < -0.3 is 5.32 Å². The number of amidine groups is 2. The minimum absolute atomic E-state index is 0.507. The van der Waals surface area contributed by atoms with Crippen molar-refractivity contribution in [3.8, 4) is 22.3 Å². The van der Waals surface area contributed by atoms with Crippen LogP contribution in [0.15, 0.2) is 228 Å². The predicted molar refractivity (Wildman–Crippen MR) is 260 cm³/mol. The van der Waals surface area contributed by atoms with Crippen LogP contribution in [-0.2, 0) is 5.41 Å². The van der Waals surface area contributed by atoms with Gasteiger partial charge in [-0.1, -0.05) is 195 Å². The summed E-state index contributed by atoms with van der Waals surface area (Å²) in [4.78, 5) is 10.8. The van der Waals surface area contributed by atoms with Crippen molar-refractivity contribution in [2.45, 2.75) is 18.5 Å². The first-order chi connectivity index (χ1) is 30.7. The molecule has 0 radical (unpaired) electrons. The van der Waals surface area contributed by atoms with Gasteiger partial charge in [0.2, 0.25) is 0 Å². The Hall–Kier alpha value is -7.88. The van der Waals surface area contributed by atoms with Crippen molar-refractivity contribution in [1.29, 1.82) is 0 Å². The van der Waals surface area contributed by atoms with Gasteiger partial charge in [-0.05, 0) is 113 Å². The molecule has 1 heterocycles. The van der Waals surface area contributed by atoms with E-state index >= 15 is 0 Å². The highest BCUT2D eigenvalue weighted by Gasteiger charge is 2.53. The third-order valence-corrected chi connectivity index (χ3v) is 13.2. The van der Waals surface area contributed by atoms with E-state index in [1.54, 1.807) is 0 Å². The molecule has 3 nitrogen and oxygen atoms in total. The van der Waals surface area contributed by atoms with Gasteiger partial charge in [0.05, 0.1) is 5.41 Å². The van der Waals surface area contributed by atoms with Crippen LogP contribution >= 0.6 is 0 Å². The molecule has 0 amide bonds. The van der Waals surface area contributed by atoms with Crippen molar-refractivity contribution in [2.75, 3.05) is 0 Å². The molecule has 1 atom stereocenters. The normalized spacial score (nSPS) is 16.7. The van der Waals surface area contributed by atoms with Crippen LogP contribution in [0.4, 0.5) is 0 Å². The maximum atomic E-state index is 5.41. The van der Waals surface area contributed by atoms with Crippen LogP contribution < -0.4 is 5.32 Å². The summed E-state index contributed by atoms with van der Waals surface area (Å²) in [5, 5.41) is 11.0. The second kappa shape index (κ2) is 14.1. The highest BCUT2D eigenvalue weighted by Crippen LogP contribution is 2.65. The molecule has 0 aromatic heterocycles. The summed E-state index contributed by atoms with van der Waals surface area (Å²) in [5.41, 5.74) is 14.8. The molecule has 12 rings (SSSR count). The molecule has 2 aliphatic carbocycles. The first-order valence-corrected chi connectivity index (χ1v) is 21.4. The lowest BCUT2D eigenvalue weighted by Gasteiger charge is -2.33. The van der Waals surface area contributed by atoms with Crippen molar-refractivity contribution in [3.63, 3.8) is 0 Å². The lowest BCUT2D eigenvalue weighted by atomic mass is 9.68. The highest BCUT2D eigenvalue weighted by atomic mass is 15.2. The van der Waals surface area contributed by atoms with E-state index in [1.165, 1.54) is 71.5 Å². The second-order valence-electron chi connectivity index (χ2n) is 16.4. The summed E-state index contributed by atoms with van der Waals surface area (Å²) >= 11 is 0. The third kappa shape index (κ3) is 5.18. The number of fused-ring (bicyclic) bond motifs is 13. The maximum absolute atomic E-state index is 5.41. The summed E-state index contributed by atoms with van der Waals surface area (Å²) in [6.45, 7) is 6.70. The molecule has 3 aliphatic rings. The molecule has 1 aliphatic heterocycles. The molecule has 9 aromatic rings. The summed E-state index contributed by atoms with van der Waals surface area (Å²) in [5.74, 6) is 1.59. The van der Waals surface area contributed by atoms with Crippen LogP contribution in [0.1, 0.15) is 52.0 Å². The third-order valence-electron chi connectivity index (χ3n) is 13.2. The monoisotopic (exact) mass is 791 g/mol. The summed E-state index contributed by atoms with van der Waals surface area (Å²) in [6, 6.07) is 68.1. The summed E-state index contributed by atoms with van der Waals surface area (Å²) < 4.78 is 0. The topological polar surface area (TPSA) is 36.8 Å². The Kier molecular flexibility index (Phi) is 8.20. The van der Waals surface area contributed by atoms with Crippen LogP contribution in [0, 0.1) is 0 Å². The Balaban J connectivity index is 1.16. The molecule has 3 heteroatoms. The number of nitrogens with one attached hydrogen (secondary N) is 1. The van der Waals surface area contributed by atoms with Crippen molar-refractivity contribution >= 4 is 49.6 Å². The van der Waals surface area contributed by atoms with Gasteiger partial charge in [0.15, 0.2) is 6.17 Å². The van der Waals surface area contributed by atoms with E-state index in [4.69, 9.17) is 9.98 Å². The van der Waals surface area contributed by atoms with Crippen molar-refractivity contribution < 1.29 is 0 Å². The Morgan fingerprint density at radius 2 is 1.10 bits per heavy atom. The van der Waals surface area contributed by atoms with E-state index in [0.717, 1.165) is 44.9 Å². The zero-order valence-corrected chi connectivity index (χ0v) is 34.3. The molecule has 0 saturated heterocycles. The molecule has 1 spiro atoms. The fraction of sp³-hybridized carbons (Fsp3) is 0.0508. The van der Waals surface area contributed by atoms with E-state index in [-0.39, 0.29) is 0 Å². The van der Waals surface area contributed by atoms with Crippen LogP contribution in [-0.4, -0.2) is 11.7 Å². The molecular formula is C59H41N3. The largest absolute Gasteiger partial charge is 0.324 e. The van der Waals surface area contributed by atoms with E-state index in [0.29, 0.717) is 0 Å². The molecule has 62 heavy (non-hydrogen) atoms. The minimum Gasteiger partial charge on any atom is -0.324 e. The Labute approximate surface area is 361 Å². The van der Waals surface area contributed by atoms with Crippen LogP contribution in [0.3, 0.4) is 0 Å². The number of hydrogen-bond donors (Lipinski definition) is 1. The molecule has 1 unspecified atom stereocenters. The van der Waals surface area contributed by atoms with E-state index in [9.17, 15) is 0 Å². The van der Waals surface area contributed by atoms with E-state index in [2.05, 4.69) is 213 Å². The lowest BCUT2D eigenvalue weighted by Crippen LogP contribution is -2.36. The molecule has 0 fully saturated rings. The van der Waals surface area contributed by atoms with Gasteiger partial charge in [0, 0.05) is 16.7 Å². The van der Waals surface area contributed by atoms with Crippen LogP contribution in [0.5, 0.6) is 0 Å². The SMILES string of the molecule is C=CC1=C(/C=C\C)c2ccc(-c3cc4ccccc4cc3C3N=C(c4ccccc4)NC(c4ccccc4)=N3)cc2C12c1ccccc1-c1c2c2ccccc2c2ccccc12. The predicted octanol–water partition coefficient (Wildman–Crippen LogP) is 14.2. The van der Waals surface area contributed by atoms with Crippen molar-refractivity contribution in [1.82, 2.24) is 5.32 Å². The van der Waals surface area contributed by atoms with Gasteiger partial charge in [-0.15, -0.1) is 0 Å². The van der Waals surface area contributed by atoms with Gasteiger partial charge in [0.1, 0.15) is 11.7 Å². The number of nitrogens with zero attached hydrogens (tertiary/aromatic N) is 2. The minimum atomic E-state index is -0.624. The molecule has 0 saturated carbocycles. The Morgan fingerprint density at radius 3 is 1.77 bits per heavy atom. The number of benzene rings is 9. The van der Waals surface area contributed by atoms with E-state index < -0.39 is 11.6 Å². The standard InChI is InChI=1S/C59H41N3/c1-3-19-44-45-33-32-41(36-53(45)59(51(44)4-2)52-31-18-17-30-48(52)54-46-28-15-13-26-42(46)43-27-14-16-29-47(43)55(54)59)49-34-39-24-11-12-25-40(39)35-50(49)58-61-56(37-20-7-5-8-21-37)60-57(62-58)38-22-9-6-10-23-38/h3-36,58H,2H2,1H3,(H,60,61,62)/b19-3-. The fourth-order valence-corrected chi connectivity index (χ4v) is 10.7. The van der Waals surface area contributed by atoms with Crippen LogP contribution in [0.25, 0.3) is 60.1 Å². The quantitative estimate of drug-likeness (QED) is 0.167. The molecule has 292 valence electrons. The molecule has 1 N–H and O–H groups in total. The Bertz CT molecular complexity index is 3410. The number of rotatable bonds is 6. The average molecular weight is 792 g/mol. The van der Waals surface area contributed by atoms with Crippen LogP contribution in [0.2, 0.25) is 0 Å². The first kappa shape index (κ1) is 36.0.